The first-order valence-electron chi connectivity index (χ1n) is 8.05. The summed E-state index contributed by atoms with van der Waals surface area (Å²) in [6.07, 6.45) is 8.30. The predicted molar refractivity (Wildman–Crippen MR) is 77.3 cm³/mol. The first-order valence-corrected chi connectivity index (χ1v) is 8.05. The zero-order valence-corrected chi connectivity index (χ0v) is 12.7. The molecule has 4 nitrogen and oxygen atoms in total. The van der Waals surface area contributed by atoms with Gasteiger partial charge in [-0.2, -0.15) is 0 Å². The van der Waals surface area contributed by atoms with E-state index in [1.807, 2.05) is 18.7 Å². The first kappa shape index (κ1) is 15.3. The Balaban J connectivity index is 2.08. The summed E-state index contributed by atoms with van der Waals surface area (Å²) in [6.45, 7) is 4.01. The Morgan fingerprint density at radius 2 is 1.70 bits per heavy atom. The Labute approximate surface area is 121 Å². The summed E-state index contributed by atoms with van der Waals surface area (Å²) >= 11 is 0. The van der Waals surface area contributed by atoms with E-state index in [-0.39, 0.29) is 18.0 Å². The van der Waals surface area contributed by atoms with Crippen molar-refractivity contribution in [3.63, 3.8) is 0 Å². The van der Waals surface area contributed by atoms with Crippen LogP contribution in [0.1, 0.15) is 65.2 Å². The van der Waals surface area contributed by atoms with Crippen LogP contribution in [0.3, 0.4) is 0 Å². The SMILES string of the molecule is CC(C)N(C(=O)C(CC1CC1)C(=O)O)C1CCCCC1. The first-order chi connectivity index (χ1) is 9.50. The number of carbonyl (C=O) groups is 2. The lowest BCUT2D eigenvalue weighted by molar-refractivity contribution is -0.154. The lowest BCUT2D eigenvalue weighted by Crippen LogP contribution is -2.49. The van der Waals surface area contributed by atoms with Gasteiger partial charge in [0.25, 0.3) is 0 Å². The van der Waals surface area contributed by atoms with Gasteiger partial charge in [0.1, 0.15) is 5.92 Å². The number of aliphatic carboxylic acids is 1. The fourth-order valence-electron chi connectivity index (χ4n) is 3.39. The molecular formula is C16H27NO3. The molecule has 1 unspecified atom stereocenters. The highest BCUT2D eigenvalue weighted by Crippen LogP contribution is 2.36. The van der Waals surface area contributed by atoms with E-state index >= 15 is 0 Å². The van der Waals surface area contributed by atoms with Crippen LogP contribution in [0.15, 0.2) is 0 Å². The number of carboxylic acids is 1. The summed E-state index contributed by atoms with van der Waals surface area (Å²) in [5.41, 5.74) is 0. The van der Waals surface area contributed by atoms with Gasteiger partial charge in [-0.25, -0.2) is 0 Å². The Morgan fingerprint density at radius 1 is 1.10 bits per heavy atom. The van der Waals surface area contributed by atoms with Crippen molar-refractivity contribution < 1.29 is 14.7 Å². The number of rotatable bonds is 6. The Hall–Kier alpha value is -1.06. The van der Waals surface area contributed by atoms with Crippen molar-refractivity contribution >= 4 is 11.9 Å². The molecule has 0 aromatic heterocycles. The number of nitrogens with zero attached hydrogens (tertiary/aromatic N) is 1. The van der Waals surface area contributed by atoms with Crippen LogP contribution >= 0.6 is 0 Å². The van der Waals surface area contributed by atoms with Gasteiger partial charge < -0.3 is 10.0 Å². The van der Waals surface area contributed by atoms with Crippen molar-refractivity contribution in [3.8, 4) is 0 Å². The van der Waals surface area contributed by atoms with Crippen LogP contribution in [0.4, 0.5) is 0 Å². The van der Waals surface area contributed by atoms with Gasteiger partial charge >= 0.3 is 5.97 Å². The van der Waals surface area contributed by atoms with Gasteiger partial charge in [-0.1, -0.05) is 32.1 Å². The van der Waals surface area contributed by atoms with E-state index in [2.05, 4.69) is 0 Å². The highest BCUT2D eigenvalue weighted by Gasteiger charge is 2.39. The van der Waals surface area contributed by atoms with Crippen molar-refractivity contribution in [3.05, 3.63) is 0 Å². The number of hydrogen-bond acceptors (Lipinski definition) is 2. The minimum atomic E-state index is -0.941. The monoisotopic (exact) mass is 281 g/mol. The second-order valence-corrected chi connectivity index (χ2v) is 6.70. The topological polar surface area (TPSA) is 57.6 Å². The number of carbonyl (C=O) groups excluding carboxylic acids is 1. The Morgan fingerprint density at radius 3 is 2.15 bits per heavy atom. The van der Waals surface area contributed by atoms with Crippen LogP contribution < -0.4 is 0 Å². The lowest BCUT2D eigenvalue weighted by atomic mass is 9.91. The van der Waals surface area contributed by atoms with E-state index in [4.69, 9.17) is 0 Å². The van der Waals surface area contributed by atoms with Gasteiger partial charge in [0, 0.05) is 12.1 Å². The molecule has 0 saturated heterocycles. The van der Waals surface area contributed by atoms with Crippen LogP contribution in [0.5, 0.6) is 0 Å². The smallest absolute Gasteiger partial charge is 0.316 e. The average molecular weight is 281 g/mol. The van der Waals surface area contributed by atoms with E-state index in [9.17, 15) is 14.7 Å². The highest BCUT2D eigenvalue weighted by molar-refractivity contribution is 5.97. The maximum absolute atomic E-state index is 12.7. The van der Waals surface area contributed by atoms with Gasteiger partial charge in [-0.05, 0) is 39.0 Å². The van der Waals surface area contributed by atoms with Gasteiger partial charge in [0.05, 0.1) is 0 Å². The molecule has 1 amide bonds. The molecule has 2 aliphatic rings. The van der Waals surface area contributed by atoms with E-state index in [1.165, 1.54) is 6.42 Å². The van der Waals surface area contributed by atoms with E-state index in [0.717, 1.165) is 38.5 Å². The molecule has 2 fully saturated rings. The summed E-state index contributed by atoms with van der Waals surface area (Å²) in [5, 5.41) is 9.40. The van der Waals surface area contributed by atoms with Gasteiger partial charge in [0.2, 0.25) is 5.91 Å². The van der Waals surface area contributed by atoms with Gasteiger partial charge in [0.15, 0.2) is 0 Å². The molecule has 0 radical (unpaired) electrons. The minimum absolute atomic E-state index is 0.0895. The molecule has 0 aromatic carbocycles. The third kappa shape index (κ3) is 3.74. The fourth-order valence-corrected chi connectivity index (χ4v) is 3.39. The van der Waals surface area contributed by atoms with Gasteiger partial charge in [-0.15, -0.1) is 0 Å². The van der Waals surface area contributed by atoms with E-state index in [0.29, 0.717) is 12.3 Å². The normalized spacial score (nSPS) is 21.8. The summed E-state index contributed by atoms with van der Waals surface area (Å²) in [4.78, 5) is 26.1. The maximum atomic E-state index is 12.7. The molecule has 0 bridgehead atoms. The van der Waals surface area contributed by atoms with Crippen LogP contribution in [0.25, 0.3) is 0 Å². The van der Waals surface area contributed by atoms with Crippen molar-refractivity contribution in [2.24, 2.45) is 11.8 Å². The molecule has 2 aliphatic carbocycles. The third-order valence-electron chi connectivity index (χ3n) is 4.64. The molecule has 0 aromatic rings. The lowest BCUT2D eigenvalue weighted by Gasteiger charge is -2.38. The molecule has 114 valence electrons. The van der Waals surface area contributed by atoms with Crippen molar-refractivity contribution in [2.45, 2.75) is 77.3 Å². The molecule has 0 heterocycles. The number of hydrogen-bond donors (Lipinski definition) is 1. The van der Waals surface area contributed by atoms with Crippen LogP contribution in [-0.2, 0) is 9.59 Å². The van der Waals surface area contributed by atoms with E-state index < -0.39 is 11.9 Å². The molecule has 20 heavy (non-hydrogen) atoms. The average Bonchev–Trinajstić information content (AvgIpc) is 3.20. The quantitative estimate of drug-likeness (QED) is 0.761. The fraction of sp³-hybridized carbons (Fsp3) is 0.875. The summed E-state index contributed by atoms with van der Waals surface area (Å²) in [6, 6.07) is 0.337. The van der Waals surface area contributed by atoms with Crippen molar-refractivity contribution in [2.75, 3.05) is 0 Å². The molecule has 1 N–H and O–H groups in total. The van der Waals surface area contributed by atoms with Crippen LogP contribution in [-0.4, -0.2) is 34.0 Å². The summed E-state index contributed by atoms with van der Waals surface area (Å²) in [7, 11) is 0. The second kappa shape index (κ2) is 6.59. The largest absolute Gasteiger partial charge is 0.481 e. The predicted octanol–water partition coefficient (Wildman–Crippen LogP) is 3.06. The zero-order chi connectivity index (χ0) is 14.7. The van der Waals surface area contributed by atoms with Crippen LogP contribution in [0.2, 0.25) is 0 Å². The number of amides is 1. The van der Waals surface area contributed by atoms with E-state index in [1.54, 1.807) is 0 Å². The van der Waals surface area contributed by atoms with Crippen LogP contribution in [0, 0.1) is 11.8 Å². The molecule has 0 spiro atoms. The Kier molecular flexibility index (Phi) is 5.06. The standard InChI is InChI=1S/C16H27NO3/c1-11(2)17(13-6-4-3-5-7-13)15(18)14(16(19)20)10-12-8-9-12/h11-14H,3-10H2,1-2H3,(H,19,20). The summed E-state index contributed by atoms with van der Waals surface area (Å²) < 4.78 is 0. The summed E-state index contributed by atoms with van der Waals surface area (Å²) in [5.74, 6) is -1.46. The maximum Gasteiger partial charge on any atom is 0.316 e. The second-order valence-electron chi connectivity index (χ2n) is 6.70. The third-order valence-corrected chi connectivity index (χ3v) is 4.64. The van der Waals surface area contributed by atoms with Crippen molar-refractivity contribution in [1.29, 1.82) is 0 Å². The minimum Gasteiger partial charge on any atom is -0.481 e. The molecule has 2 rings (SSSR count). The molecule has 0 aliphatic heterocycles. The van der Waals surface area contributed by atoms with Crippen molar-refractivity contribution in [1.82, 2.24) is 4.90 Å². The molecule has 4 heteroatoms. The molecule has 1 atom stereocenters. The molecule has 2 saturated carbocycles. The Bertz CT molecular complexity index is 357. The highest BCUT2D eigenvalue weighted by atomic mass is 16.4. The molecular weight excluding hydrogens is 254 g/mol. The number of carboxylic acid groups (broad SMARTS) is 1. The zero-order valence-electron chi connectivity index (χ0n) is 12.7. The van der Waals surface area contributed by atoms with Gasteiger partial charge in [-0.3, -0.25) is 9.59 Å².